The highest BCUT2D eigenvalue weighted by Gasteiger charge is 1.77. The monoisotopic (exact) mass is 98.0 g/mol. The Hall–Kier alpha value is 0.437. The zero-order chi connectivity index (χ0) is 3.58. The first kappa shape index (κ1) is 4.44. The molecule has 0 fully saturated rings. The summed E-state index contributed by atoms with van der Waals surface area (Å²) < 4.78 is 10.8. The molecule has 0 nitrogen and oxygen atoms in total. The molecule has 1 unspecified atom stereocenters. The first-order valence-corrected chi connectivity index (χ1v) is 2.60. The number of hydrogen-bond acceptors (Lipinski definition) is 0. The van der Waals surface area contributed by atoms with Gasteiger partial charge in [-0.2, -0.15) is 0 Å². The van der Waals surface area contributed by atoms with Gasteiger partial charge in [0.2, 0.25) is 0 Å². The molecule has 4 heavy (non-hydrogen) atoms. The fourth-order valence-corrected chi connectivity index (χ4v) is 0. The standard InChI is InChI=1S/CH4ClFSi/c2-1(3)4/h1H,4H3. The van der Waals surface area contributed by atoms with Gasteiger partial charge in [-0.05, 0) is 0 Å². The van der Waals surface area contributed by atoms with E-state index in [1.54, 1.807) is 0 Å². The maximum absolute atomic E-state index is 10.8. The summed E-state index contributed by atoms with van der Waals surface area (Å²) in [6, 6.07) is 0. The second kappa shape index (κ2) is 1.73. The van der Waals surface area contributed by atoms with E-state index < -0.39 is 5.25 Å². The molecule has 0 aromatic rings. The summed E-state index contributed by atoms with van der Waals surface area (Å²) in [5.74, 6) is 0. The van der Waals surface area contributed by atoms with E-state index in [2.05, 4.69) is 11.6 Å². The molecule has 0 aliphatic heterocycles. The molecule has 0 rings (SSSR count). The van der Waals surface area contributed by atoms with Crippen molar-refractivity contribution < 1.29 is 4.39 Å². The van der Waals surface area contributed by atoms with Gasteiger partial charge in [0.15, 0.2) is 0 Å². The number of halogens is 2. The Morgan fingerprint density at radius 1 is 2.00 bits per heavy atom. The summed E-state index contributed by atoms with van der Waals surface area (Å²) in [6.45, 7) is 0. The van der Waals surface area contributed by atoms with Crippen molar-refractivity contribution in [2.24, 2.45) is 0 Å². The van der Waals surface area contributed by atoms with Gasteiger partial charge < -0.3 is 0 Å². The Kier molecular flexibility index (Phi) is 1.92. The highest BCUT2D eigenvalue weighted by atomic mass is 35.5. The molecule has 0 radical (unpaired) electrons. The van der Waals surface area contributed by atoms with E-state index in [0.717, 1.165) is 0 Å². The van der Waals surface area contributed by atoms with Crippen LogP contribution in [0, 0.1) is 0 Å². The van der Waals surface area contributed by atoms with Gasteiger partial charge in [0.05, 0.1) is 10.2 Å². The van der Waals surface area contributed by atoms with Gasteiger partial charge in [-0.15, -0.1) is 0 Å². The predicted molar refractivity (Wildman–Crippen MR) is 20.7 cm³/mol. The minimum absolute atomic E-state index is 0.448. The van der Waals surface area contributed by atoms with Crippen LogP contribution in [0.2, 0.25) is 0 Å². The van der Waals surface area contributed by atoms with E-state index >= 15 is 0 Å². The van der Waals surface area contributed by atoms with Gasteiger partial charge >= 0.3 is 0 Å². The summed E-state index contributed by atoms with van der Waals surface area (Å²) in [7, 11) is 0.448. The minimum Gasteiger partial charge on any atom is -0.236 e. The van der Waals surface area contributed by atoms with Crippen LogP contribution in [0.25, 0.3) is 0 Å². The van der Waals surface area contributed by atoms with E-state index in [-0.39, 0.29) is 0 Å². The lowest BCUT2D eigenvalue weighted by atomic mass is 11.8. The van der Waals surface area contributed by atoms with E-state index in [0.29, 0.717) is 10.2 Å². The fraction of sp³-hybridized carbons (Fsp3) is 1.00. The summed E-state index contributed by atoms with van der Waals surface area (Å²) in [6.07, 6.45) is 0. The first-order valence-electron chi connectivity index (χ1n) is 1.01. The molecular formula is CH4ClFSi. The molecule has 1 atom stereocenters. The van der Waals surface area contributed by atoms with Crippen molar-refractivity contribution in [3.8, 4) is 0 Å². The van der Waals surface area contributed by atoms with Crippen LogP contribution in [0.3, 0.4) is 0 Å². The normalized spacial score (nSPS) is 16.5. The Bertz CT molecular complexity index is 12.8. The molecule has 26 valence electrons. The van der Waals surface area contributed by atoms with Gasteiger partial charge in [-0.3, -0.25) is 0 Å². The second-order valence-electron chi connectivity index (χ2n) is 0.519. The molecule has 0 heterocycles. The molecule has 0 saturated carbocycles. The number of alkyl halides is 2. The zero-order valence-corrected chi connectivity index (χ0v) is 5.09. The lowest BCUT2D eigenvalue weighted by molar-refractivity contribution is 0.552. The third kappa shape index (κ3) is 26.4. The highest BCUT2D eigenvalue weighted by Crippen LogP contribution is 1.83. The van der Waals surface area contributed by atoms with Crippen molar-refractivity contribution in [2.45, 2.75) is 5.25 Å². The van der Waals surface area contributed by atoms with Gasteiger partial charge in [0.25, 0.3) is 0 Å². The van der Waals surface area contributed by atoms with Crippen molar-refractivity contribution in [1.29, 1.82) is 0 Å². The Labute approximate surface area is 32.4 Å². The molecule has 0 aliphatic rings. The van der Waals surface area contributed by atoms with Crippen LogP contribution in [0.4, 0.5) is 4.39 Å². The Balaban J connectivity index is 2.32. The van der Waals surface area contributed by atoms with Gasteiger partial charge in [-0.25, -0.2) is 4.39 Å². The molecule has 0 aliphatic carbocycles. The molecule has 0 amide bonds. The maximum Gasteiger partial charge on any atom is 0.149 e. The van der Waals surface area contributed by atoms with Crippen molar-refractivity contribution in [3.05, 3.63) is 0 Å². The smallest absolute Gasteiger partial charge is 0.149 e. The van der Waals surface area contributed by atoms with E-state index in [4.69, 9.17) is 0 Å². The lowest BCUT2D eigenvalue weighted by Gasteiger charge is -1.71. The summed E-state index contributed by atoms with van der Waals surface area (Å²) in [5.41, 5.74) is 0. The number of rotatable bonds is 0. The Morgan fingerprint density at radius 2 is 2.00 bits per heavy atom. The van der Waals surface area contributed by atoms with Crippen LogP contribution in [-0.4, -0.2) is 15.5 Å². The van der Waals surface area contributed by atoms with Crippen LogP contribution in [0.15, 0.2) is 0 Å². The Morgan fingerprint density at radius 3 is 2.00 bits per heavy atom. The average molecular weight is 98.6 g/mol. The zero-order valence-electron chi connectivity index (χ0n) is 2.33. The summed E-state index contributed by atoms with van der Waals surface area (Å²) in [4.78, 5) is 0. The molecule has 3 heteroatoms. The molecule has 0 aromatic heterocycles. The van der Waals surface area contributed by atoms with Gasteiger partial charge in [0.1, 0.15) is 5.25 Å². The molecule has 0 bridgehead atoms. The molecule has 0 N–H and O–H groups in total. The second-order valence-corrected chi connectivity index (χ2v) is 2.87. The quantitative estimate of drug-likeness (QED) is 0.292. The van der Waals surface area contributed by atoms with Crippen molar-refractivity contribution in [1.82, 2.24) is 0 Å². The van der Waals surface area contributed by atoms with Crippen molar-refractivity contribution >= 4 is 21.8 Å². The van der Waals surface area contributed by atoms with Crippen molar-refractivity contribution in [2.75, 3.05) is 0 Å². The van der Waals surface area contributed by atoms with Crippen LogP contribution in [-0.2, 0) is 0 Å². The van der Waals surface area contributed by atoms with Crippen LogP contribution in [0.5, 0.6) is 0 Å². The van der Waals surface area contributed by atoms with Gasteiger partial charge in [-0.1, -0.05) is 11.6 Å². The molecular weight excluding hydrogens is 94.5 g/mol. The lowest BCUT2D eigenvalue weighted by Crippen LogP contribution is -1.78. The highest BCUT2D eigenvalue weighted by molar-refractivity contribution is 6.39. The molecule has 0 spiro atoms. The topological polar surface area (TPSA) is 0 Å². The van der Waals surface area contributed by atoms with Crippen LogP contribution in [0.1, 0.15) is 0 Å². The van der Waals surface area contributed by atoms with Gasteiger partial charge in [0, 0.05) is 0 Å². The third-order valence-electron chi connectivity index (χ3n) is 0. The number of hydrogen-bond donors (Lipinski definition) is 0. The average Bonchev–Trinajstić information content (AvgIpc) is 0.811. The first-order chi connectivity index (χ1) is 1.73. The molecule has 0 saturated heterocycles. The van der Waals surface area contributed by atoms with E-state index in [1.807, 2.05) is 0 Å². The summed E-state index contributed by atoms with van der Waals surface area (Å²) in [5, 5.41) is -1.06. The largest absolute Gasteiger partial charge is 0.236 e. The van der Waals surface area contributed by atoms with E-state index in [1.165, 1.54) is 0 Å². The summed E-state index contributed by atoms with van der Waals surface area (Å²) >= 11 is 4.67. The predicted octanol–water partition coefficient (Wildman–Crippen LogP) is -0.156. The minimum atomic E-state index is -1.06. The SMILES string of the molecule is FC([SiH3])Cl. The molecule has 0 aromatic carbocycles. The fourth-order valence-electron chi connectivity index (χ4n) is 0. The third-order valence-corrected chi connectivity index (χ3v) is 0. The van der Waals surface area contributed by atoms with E-state index in [9.17, 15) is 4.39 Å². The van der Waals surface area contributed by atoms with Crippen LogP contribution < -0.4 is 0 Å². The maximum atomic E-state index is 10.8. The van der Waals surface area contributed by atoms with Crippen LogP contribution >= 0.6 is 11.6 Å². The van der Waals surface area contributed by atoms with Crippen molar-refractivity contribution in [3.63, 3.8) is 0 Å².